The summed E-state index contributed by atoms with van der Waals surface area (Å²) in [5, 5.41) is 1.34. The maximum absolute atomic E-state index is 6.29. The van der Waals surface area contributed by atoms with Gasteiger partial charge in [-0.15, -0.1) is 0 Å². The topological polar surface area (TPSA) is 35.2 Å². The Balaban J connectivity index is 1.97. The molecule has 104 valence electrons. The summed E-state index contributed by atoms with van der Waals surface area (Å²) >= 11 is 15.7. The van der Waals surface area contributed by atoms with Crippen molar-refractivity contribution in [3.63, 3.8) is 0 Å². The third-order valence-corrected chi connectivity index (χ3v) is 4.47. The van der Waals surface area contributed by atoms with Crippen LogP contribution in [0.2, 0.25) is 10.0 Å². The van der Waals surface area contributed by atoms with Gasteiger partial charge in [-0.1, -0.05) is 45.2 Å². The van der Waals surface area contributed by atoms with E-state index in [0.29, 0.717) is 16.5 Å². The van der Waals surface area contributed by atoms with Crippen molar-refractivity contribution in [3.8, 4) is 5.75 Å². The van der Waals surface area contributed by atoms with Gasteiger partial charge >= 0.3 is 0 Å². The Kier molecular flexibility index (Phi) is 3.95. The summed E-state index contributed by atoms with van der Waals surface area (Å²) in [5.41, 5.74) is 8.13. The van der Waals surface area contributed by atoms with Crippen LogP contribution < -0.4 is 10.5 Å². The lowest BCUT2D eigenvalue weighted by Gasteiger charge is -2.31. The Hall–Kier alpha value is -0.740. The van der Waals surface area contributed by atoms with E-state index in [4.69, 9.17) is 33.7 Å². The average molecular weight is 373 g/mol. The highest BCUT2D eigenvalue weighted by atomic mass is 79.9. The molecule has 0 saturated carbocycles. The fraction of sp³-hybridized carbons (Fsp3) is 0.200. The van der Waals surface area contributed by atoms with Gasteiger partial charge in [-0.25, -0.2) is 0 Å². The van der Waals surface area contributed by atoms with Crippen molar-refractivity contribution in [3.05, 3.63) is 62.0 Å². The van der Waals surface area contributed by atoms with Gasteiger partial charge in [0.15, 0.2) is 0 Å². The lowest BCUT2D eigenvalue weighted by Crippen LogP contribution is -2.24. The van der Waals surface area contributed by atoms with Crippen LogP contribution >= 0.6 is 39.1 Å². The summed E-state index contributed by atoms with van der Waals surface area (Å²) < 4.78 is 6.97. The normalized spacial score (nSPS) is 21.2. The number of ether oxygens (including phenoxy) is 1. The Morgan fingerprint density at radius 1 is 1.10 bits per heavy atom. The molecule has 0 spiro atoms. The minimum atomic E-state index is -0.140. The first-order valence-electron chi connectivity index (χ1n) is 6.21. The van der Waals surface area contributed by atoms with Crippen molar-refractivity contribution in [2.75, 3.05) is 0 Å². The van der Waals surface area contributed by atoms with E-state index in [-0.39, 0.29) is 12.1 Å². The second kappa shape index (κ2) is 5.57. The van der Waals surface area contributed by atoms with E-state index in [1.807, 2.05) is 30.3 Å². The van der Waals surface area contributed by atoms with Crippen LogP contribution in [-0.2, 0) is 0 Å². The molecule has 0 radical (unpaired) electrons. The third-order valence-electron chi connectivity index (χ3n) is 3.42. The molecule has 0 saturated heterocycles. The first kappa shape index (κ1) is 14.2. The van der Waals surface area contributed by atoms with Crippen LogP contribution in [0.3, 0.4) is 0 Å². The molecule has 2 aromatic rings. The molecule has 0 amide bonds. The fourth-order valence-corrected chi connectivity index (χ4v) is 3.40. The molecular formula is C15H12BrCl2NO. The molecular weight excluding hydrogens is 361 g/mol. The maximum Gasteiger partial charge on any atom is 0.127 e. The summed E-state index contributed by atoms with van der Waals surface area (Å²) in [6, 6.07) is 11.2. The first-order valence-corrected chi connectivity index (χ1v) is 7.76. The zero-order chi connectivity index (χ0) is 14.3. The van der Waals surface area contributed by atoms with E-state index < -0.39 is 0 Å². The predicted molar refractivity (Wildman–Crippen MR) is 85.5 cm³/mol. The van der Waals surface area contributed by atoms with E-state index >= 15 is 0 Å². The van der Waals surface area contributed by atoms with Crippen LogP contribution in [0.4, 0.5) is 0 Å². The standard InChI is InChI=1S/C15H12BrCl2NO/c16-8-1-3-10(12(18)5-8)15-7-13(19)11-6-9(17)2-4-14(11)20-15/h1-6,13,15H,7,19H2. The molecule has 0 fully saturated rings. The summed E-state index contributed by atoms with van der Waals surface area (Å²) in [6.45, 7) is 0. The first-order chi connectivity index (χ1) is 9.54. The minimum absolute atomic E-state index is 0.109. The number of benzene rings is 2. The van der Waals surface area contributed by atoms with Gasteiger partial charge in [0.2, 0.25) is 0 Å². The van der Waals surface area contributed by atoms with Gasteiger partial charge in [-0.05, 0) is 30.3 Å². The van der Waals surface area contributed by atoms with Crippen LogP contribution in [0.15, 0.2) is 40.9 Å². The zero-order valence-electron chi connectivity index (χ0n) is 10.4. The predicted octanol–water partition coefficient (Wildman–Crippen LogP) is 5.28. The molecule has 2 aromatic carbocycles. The third kappa shape index (κ3) is 2.68. The highest BCUT2D eigenvalue weighted by Gasteiger charge is 2.28. The molecule has 5 heteroatoms. The van der Waals surface area contributed by atoms with Gasteiger partial charge in [0, 0.05) is 38.1 Å². The molecule has 1 heterocycles. The van der Waals surface area contributed by atoms with Gasteiger partial charge < -0.3 is 10.5 Å². The van der Waals surface area contributed by atoms with Gasteiger partial charge in [0.25, 0.3) is 0 Å². The molecule has 0 aromatic heterocycles. The summed E-state index contributed by atoms with van der Waals surface area (Å²) in [6.07, 6.45) is 0.536. The lowest BCUT2D eigenvalue weighted by atomic mass is 9.93. The number of fused-ring (bicyclic) bond motifs is 1. The Morgan fingerprint density at radius 2 is 1.90 bits per heavy atom. The van der Waals surface area contributed by atoms with E-state index in [9.17, 15) is 0 Å². The van der Waals surface area contributed by atoms with Crippen molar-refractivity contribution in [1.82, 2.24) is 0 Å². The van der Waals surface area contributed by atoms with E-state index in [0.717, 1.165) is 21.3 Å². The van der Waals surface area contributed by atoms with Gasteiger partial charge in [0.05, 0.1) is 0 Å². The Bertz CT molecular complexity index is 662. The number of halogens is 3. The van der Waals surface area contributed by atoms with Crippen LogP contribution in [0, 0.1) is 0 Å². The second-order valence-corrected chi connectivity index (χ2v) is 6.56. The van der Waals surface area contributed by atoms with Crippen LogP contribution in [0.1, 0.15) is 29.7 Å². The fourth-order valence-electron chi connectivity index (χ4n) is 2.43. The molecule has 0 aliphatic carbocycles. The summed E-state index contributed by atoms with van der Waals surface area (Å²) in [7, 11) is 0. The number of rotatable bonds is 1. The molecule has 2 unspecified atom stereocenters. The van der Waals surface area contributed by atoms with Gasteiger partial charge in [-0.2, -0.15) is 0 Å². The molecule has 2 nitrogen and oxygen atoms in total. The summed E-state index contributed by atoms with van der Waals surface area (Å²) in [4.78, 5) is 0. The molecule has 1 aliphatic heterocycles. The largest absolute Gasteiger partial charge is 0.485 e. The molecule has 20 heavy (non-hydrogen) atoms. The highest BCUT2D eigenvalue weighted by Crippen LogP contribution is 2.42. The van der Waals surface area contributed by atoms with Crippen molar-refractivity contribution in [2.24, 2.45) is 5.73 Å². The molecule has 1 aliphatic rings. The second-order valence-electron chi connectivity index (χ2n) is 4.80. The van der Waals surface area contributed by atoms with Crippen LogP contribution in [0.5, 0.6) is 5.75 Å². The minimum Gasteiger partial charge on any atom is -0.485 e. The molecule has 0 bridgehead atoms. The van der Waals surface area contributed by atoms with E-state index in [1.54, 1.807) is 6.07 Å². The molecule has 3 rings (SSSR count). The van der Waals surface area contributed by atoms with Crippen LogP contribution in [0.25, 0.3) is 0 Å². The van der Waals surface area contributed by atoms with Crippen molar-refractivity contribution >= 4 is 39.1 Å². The van der Waals surface area contributed by atoms with Gasteiger partial charge in [0.1, 0.15) is 11.9 Å². The Labute approximate surface area is 136 Å². The van der Waals surface area contributed by atoms with Crippen LogP contribution in [-0.4, -0.2) is 0 Å². The summed E-state index contributed by atoms with van der Waals surface area (Å²) in [5.74, 6) is 0.775. The number of hydrogen-bond donors (Lipinski definition) is 1. The Morgan fingerprint density at radius 3 is 2.65 bits per heavy atom. The van der Waals surface area contributed by atoms with Crippen molar-refractivity contribution in [2.45, 2.75) is 18.6 Å². The SMILES string of the molecule is NC1CC(c2ccc(Br)cc2Cl)Oc2ccc(Cl)cc21. The number of hydrogen-bond acceptors (Lipinski definition) is 2. The van der Waals surface area contributed by atoms with Crippen molar-refractivity contribution < 1.29 is 4.74 Å². The van der Waals surface area contributed by atoms with Gasteiger partial charge in [-0.3, -0.25) is 0 Å². The highest BCUT2D eigenvalue weighted by molar-refractivity contribution is 9.10. The lowest BCUT2D eigenvalue weighted by molar-refractivity contribution is 0.161. The molecule has 2 N–H and O–H groups in total. The number of nitrogens with two attached hydrogens (primary N) is 1. The quantitative estimate of drug-likeness (QED) is 0.738. The van der Waals surface area contributed by atoms with E-state index in [2.05, 4.69) is 15.9 Å². The zero-order valence-corrected chi connectivity index (χ0v) is 13.5. The smallest absolute Gasteiger partial charge is 0.127 e. The monoisotopic (exact) mass is 371 g/mol. The average Bonchev–Trinajstić information content (AvgIpc) is 2.39. The van der Waals surface area contributed by atoms with E-state index in [1.165, 1.54) is 0 Å². The van der Waals surface area contributed by atoms with Crippen molar-refractivity contribution in [1.29, 1.82) is 0 Å². The molecule has 2 atom stereocenters. The maximum atomic E-state index is 6.29.